The summed E-state index contributed by atoms with van der Waals surface area (Å²) in [5.74, 6) is 0.357. The Bertz CT molecular complexity index is 902. The molecule has 124 valence electrons. The van der Waals surface area contributed by atoms with Gasteiger partial charge in [0.15, 0.2) is 21.3 Å². The summed E-state index contributed by atoms with van der Waals surface area (Å²) in [4.78, 5) is 11.7. The molecule has 0 bridgehead atoms. The van der Waals surface area contributed by atoms with Crippen molar-refractivity contribution in [2.45, 2.75) is 23.0 Å². The number of fused-ring (bicyclic) bond motifs is 1. The molecular weight excluding hydrogens is 328 g/mol. The minimum atomic E-state index is -3.56. The predicted octanol–water partition coefficient (Wildman–Crippen LogP) is 2.48. The van der Waals surface area contributed by atoms with Crippen molar-refractivity contribution in [1.82, 2.24) is 0 Å². The van der Waals surface area contributed by atoms with Crippen LogP contribution in [0.25, 0.3) is 0 Å². The number of carbonyl (C=O) groups excluding carboxylic acids is 1. The van der Waals surface area contributed by atoms with Crippen molar-refractivity contribution in [2.75, 3.05) is 6.79 Å². The van der Waals surface area contributed by atoms with Crippen LogP contribution in [0.3, 0.4) is 0 Å². The third-order valence-electron chi connectivity index (χ3n) is 4.65. The van der Waals surface area contributed by atoms with Gasteiger partial charge in [-0.05, 0) is 36.8 Å². The maximum absolute atomic E-state index is 12.9. The standard InChI is InChI=1S/C18H16O5S/c1-11-2-5-13(6-3-11)24(20,21)18-14(9-19)17(18)12-4-7-15-16(8-12)23-10-22-15/h2-9,14,17-18H,10H2,1H3/t14-,17-,18+/m0/s1. The summed E-state index contributed by atoms with van der Waals surface area (Å²) in [5.41, 5.74) is 1.78. The van der Waals surface area contributed by atoms with Gasteiger partial charge in [-0.15, -0.1) is 0 Å². The first-order valence-electron chi connectivity index (χ1n) is 7.68. The number of aldehydes is 1. The molecule has 1 heterocycles. The molecule has 2 aromatic rings. The molecule has 1 aliphatic carbocycles. The predicted molar refractivity (Wildman–Crippen MR) is 87.0 cm³/mol. The summed E-state index contributed by atoms with van der Waals surface area (Å²) in [6.07, 6.45) is 0.742. The Morgan fingerprint density at radius 3 is 2.46 bits per heavy atom. The fourth-order valence-corrected chi connectivity index (χ4v) is 5.40. The van der Waals surface area contributed by atoms with Crippen LogP contribution < -0.4 is 9.47 Å². The number of carbonyl (C=O) groups is 1. The van der Waals surface area contributed by atoms with Crippen molar-refractivity contribution in [3.05, 3.63) is 53.6 Å². The molecule has 0 saturated heterocycles. The molecule has 2 aliphatic rings. The van der Waals surface area contributed by atoms with Gasteiger partial charge in [-0.25, -0.2) is 8.42 Å². The quantitative estimate of drug-likeness (QED) is 0.797. The van der Waals surface area contributed by atoms with E-state index < -0.39 is 21.0 Å². The minimum absolute atomic E-state index is 0.158. The monoisotopic (exact) mass is 344 g/mol. The third kappa shape index (κ3) is 2.29. The van der Waals surface area contributed by atoms with Crippen LogP contribution in [0.4, 0.5) is 0 Å². The minimum Gasteiger partial charge on any atom is -0.454 e. The van der Waals surface area contributed by atoms with Gasteiger partial charge in [0.25, 0.3) is 0 Å². The van der Waals surface area contributed by atoms with E-state index in [1.807, 2.05) is 6.92 Å². The van der Waals surface area contributed by atoms with Crippen LogP contribution in [0, 0.1) is 12.8 Å². The Morgan fingerprint density at radius 1 is 1.04 bits per heavy atom. The van der Waals surface area contributed by atoms with E-state index in [9.17, 15) is 13.2 Å². The molecule has 0 amide bonds. The lowest BCUT2D eigenvalue weighted by Gasteiger charge is -2.05. The van der Waals surface area contributed by atoms with Crippen LogP contribution in [0.1, 0.15) is 17.0 Å². The Morgan fingerprint density at radius 2 is 1.75 bits per heavy atom. The number of sulfone groups is 1. The fraction of sp³-hybridized carbons (Fsp3) is 0.278. The number of hydrogen-bond acceptors (Lipinski definition) is 5. The Balaban J connectivity index is 1.68. The van der Waals surface area contributed by atoms with Gasteiger partial charge in [-0.1, -0.05) is 23.8 Å². The van der Waals surface area contributed by atoms with Crippen molar-refractivity contribution in [1.29, 1.82) is 0 Å². The molecule has 1 saturated carbocycles. The molecular formula is C18H16O5S. The second kappa shape index (κ2) is 5.34. The zero-order chi connectivity index (χ0) is 16.9. The summed E-state index contributed by atoms with van der Waals surface area (Å²) < 4.78 is 36.4. The lowest BCUT2D eigenvalue weighted by atomic mass is 10.1. The van der Waals surface area contributed by atoms with Crippen molar-refractivity contribution < 1.29 is 22.7 Å². The number of aryl methyl sites for hydroxylation is 1. The molecule has 0 N–H and O–H groups in total. The first-order valence-corrected chi connectivity index (χ1v) is 9.22. The van der Waals surface area contributed by atoms with Crippen LogP contribution in [0.15, 0.2) is 47.4 Å². The van der Waals surface area contributed by atoms with Crippen LogP contribution >= 0.6 is 0 Å². The molecule has 3 atom stereocenters. The van der Waals surface area contributed by atoms with Gasteiger partial charge in [0.1, 0.15) is 6.29 Å². The van der Waals surface area contributed by atoms with Gasteiger partial charge in [-0.3, -0.25) is 0 Å². The molecule has 0 radical (unpaired) electrons. The lowest BCUT2D eigenvalue weighted by Crippen LogP contribution is -2.11. The molecule has 4 rings (SSSR count). The SMILES string of the molecule is Cc1ccc(S(=O)(=O)[C@@H]2[C@@H](C=O)[C@@H]2c2ccc3c(c2)OCO3)cc1. The summed E-state index contributed by atoms with van der Waals surface area (Å²) in [6, 6.07) is 12.1. The summed E-state index contributed by atoms with van der Waals surface area (Å²) in [7, 11) is -3.56. The third-order valence-corrected chi connectivity index (χ3v) is 6.91. The van der Waals surface area contributed by atoms with Crippen LogP contribution in [0.5, 0.6) is 11.5 Å². The molecule has 24 heavy (non-hydrogen) atoms. The molecule has 0 aromatic heterocycles. The van der Waals surface area contributed by atoms with Crippen molar-refractivity contribution >= 4 is 16.1 Å². The van der Waals surface area contributed by atoms with Crippen molar-refractivity contribution in [2.24, 2.45) is 5.92 Å². The highest BCUT2D eigenvalue weighted by Crippen LogP contribution is 2.54. The molecule has 6 heteroatoms. The van der Waals surface area contributed by atoms with Crippen molar-refractivity contribution in [3.8, 4) is 11.5 Å². The van der Waals surface area contributed by atoms with Gasteiger partial charge in [-0.2, -0.15) is 0 Å². The lowest BCUT2D eigenvalue weighted by molar-refractivity contribution is -0.108. The number of benzene rings is 2. The van der Waals surface area contributed by atoms with Gasteiger partial charge in [0.2, 0.25) is 6.79 Å². The van der Waals surface area contributed by atoms with E-state index in [0.29, 0.717) is 11.5 Å². The van der Waals surface area contributed by atoms with E-state index in [2.05, 4.69) is 0 Å². The second-order valence-corrected chi connectivity index (χ2v) is 8.28. The Labute approximate surface area is 140 Å². The largest absolute Gasteiger partial charge is 0.454 e. The Kier molecular flexibility index (Phi) is 3.38. The van der Waals surface area contributed by atoms with E-state index in [-0.39, 0.29) is 17.6 Å². The maximum atomic E-state index is 12.9. The summed E-state index contributed by atoms with van der Waals surface area (Å²) >= 11 is 0. The normalized spacial score (nSPS) is 24.6. The highest BCUT2D eigenvalue weighted by Gasteiger charge is 2.59. The van der Waals surface area contributed by atoms with E-state index in [1.54, 1.807) is 42.5 Å². The van der Waals surface area contributed by atoms with Crippen molar-refractivity contribution in [3.63, 3.8) is 0 Å². The fourth-order valence-electron chi connectivity index (χ4n) is 3.28. The highest BCUT2D eigenvalue weighted by molar-refractivity contribution is 7.92. The number of hydrogen-bond donors (Lipinski definition) is 0. The van der Waals surface area contributed by atoms with Gasteiger partial charge >= 0.3 is 0 Å². The van der Waals surface area contributed by atoms with Gasteiger partial charge < -0.3 is 14.3 Å². The molecule has 5 nitrogen and oxygen atoms in total. The zero-order valence-corrected chi connectivity index (χ0v) is 13.8. The zero-order valence-electron chi connectivity index (χ0n) is 13.0. The first-order chi connectivity index (χ1) is 11.5. The van der Waals surface area contributed by atoms with E-state index in [0.717, 1.165) is 17.4 Å². The number of ether oxygens (including phenoxy) is 2. The average molecular weight is 344 g/mol. The second-order valence-electron chi connectivity index (χ2n) is 6.17. The first kappa shape index (κ1) is 15.2. The topological polar surface area (TPSA) is 69.7 Å². The molecule has 0 spiro atoms. The molecule has 1 aliphatic heterocycles. The van der Waals surface area contributed by atoms with Crippen LogP contribution in [-0.4, -0.2) is 26.7 Å². The highest BCUT2D eigenvalue weighted by atomic mass is 32.2. The van der Waals surface area contributed by atoms with Crippen LogP contribution in [0.2, 0.25) is 0 Å². The smallest absolute Gasteiger partial charge is 0.231 e. The van der Waals surface area contributed by atoms with Gasteiger partial charge in [0.05, 0.1) is 10.1 Å². The number of rotatable bonds is 4. The van der Waals surface area contributed by atoms with E-state index >= 15 is 0 Å². The van der Waals surface area contributed by atoms with Crippen LogP contribution in [-0.2, 0) is 14.6 Å². The molecule has 1 fully saturated rings. The molecule has 2 aromatic carbocycles. The van der Waals surface area contributed by atoms with E-state index in [4.69, 9.17) is 9.47 Å². The summed E-state index contributed by atoms with van der Waals surface area (Å²) in [6.45, 7) is 2.06. The van der Waals surface area contributed by atoms with Gasteiger partial charge in [0, 0.05) is 11.8 Å². The Hall–Kier alpha value is -2.34. The molecule has 0 unspecified atom stereocenters. The van der Waals surface area contributed by atoms with E-state index in [1.165, 1.54) is 0 Å². The average Bonchev–Trinajstić information content (AvgIpc) is 3.15. The maximum Gasteiger partial charge on any atom is 0.231 e. The summed E-state index contributed by atoms with van der Waals surface area (Å²) in [5, 5.41) is -0.724.